The first kappa shape index (κ1) is 28.7. The average molecular weight is 466 g/mol. The van der Waals surface area contributed by atoms with Crippen molar-refractivity contribution in [1.82, 2.24) is 0 Å². The second-order valence-electron chi connectivity index (χ2n) is 7.35. The molecule has 1 unspecified atom stereocenters. The Kier molecular flexibility index (Phi) is 13.4. The molecule has 5 heteroatoms. The maximum atomic E-state index is 2.64. The molecule has 0 bridgehead atoms. The molecule has 26 heavy (non-hydrogen) atoms. The second-order valence-corrected chi connectivity index (χ2v) is 12.5. The van der Waals surface area contributed by atoms with Gasteiger partial charge in [-0.05, 0) is 0 Å². The SMILES string of the molecule is CCCC[Si](C)(C1=[C]([Ti+3])CC=C1CC)c1c(C)cc(C)cc1C.[Cl-].[Cl-].[Cl-]. The zero-order valence-corrected chi connectivity index (χ0v) is 21.7. The Morgan fingerprint density at radius 1 is 1.00 bits per heavy atom. The van der Waals surface area contributed by atoms with Gasteiger partial charge in [0.1, 0.15) is 0 Å². The Bertz CT molecular complexity index is 644. The van der Waals surface area contributed by atoms with Crippen molar-refractivity contribution in [2.45, 2.75) is 72.9 Å². The number of hydrogen-bond acceptors (Lipinski definition) is 0. The molecule has 0 radical (unpaired) electrons. The minimum atomic E-state index is -1.66. The monoisotopic (exact) mass is 464 g/mol. The first-order chi connectivity index (χ1) is 10.8. The summed E-state index contributed by atoms with van der Waals surface area (Å²) in [6, 6.07) is 6.19. The summed E-state index contributed by atoms with van der Waals surface area (Å²) in [5.74, 6) is 0. The van der Waals surface area contributed by atoms with E-state index >= 15 is 0 Å². The molecule has 0 saturated heterocycles. The van der Waals surface area contributed by atoms with E-state index in [4.69, 9.17) is 0 Å². The van der Waals surface area contributed by atoms with Crippen LogP contribution in [0.4, 0.5) is 0 Å². The largest absolute Gasteiger partial charge is 1.00 e. The summed E-state index contributed by atoms with van der Waals surface area (Å²) >= 11 is 2.38. The second kappa shape index (κ2) is 12.1. The fourth-order valence-electron chi connectivity index (χ4n) is 4.59. The molecule has 0 aromatic heterocycles. The minimum absolute atomic E-state index is 0. The molecule has 1 aliphatic rings. The van der Waals surface area contributed by atoms with Crippen LogP contribution in [0.1, 0.15) is 56.2 Å². The first-order valence-corrected chi connectivity index (χ1v) is 12.6. The smallest absolute Gasteiger partial charge is 1.00 e. The number of rotatable bonds is 6. The van der Waals surface area contributed by atoms with Gasteiger partial charge in [0.2, 0.25) is 0 Å². The van der Waals surface area contributed by atoms with E-state index in [-0.39, 0.29) is 37.2 Å². The van der Waals surface area contributed by atoms with Gasteiger partial charge in [-0.1, -0.05) is 0 Å². The van der Waals surface area contributed by atoms with Gasteiger partial charge in [0.25, 0.3) is 0 Å². The van der Waals surface area contributed by atoms with Gasteiger partial charge in [0.15, 0.2) is 0 Å². The van der Waals surface area contributed by atoms with Crippen LogP contribution >= 0.6 is 0 Å². The van der Waals surface area contributed by atoms with Gasteiger partial charge < -0.3 is 37.2 Å². The molecule has 0 nitrogen and oxygen atoms in total. The third-order valence-electron chi connectivity index (χ3n) is 5.37. The van der Waals surface area contributed by atoms with Crippen molar-refractivity contribution in [2.24, 2.45) is 0 Å². The van der Waals surface area contributed by atoms with E-state index in [1.807, 2.05) is 0 Å². The van der Waals surface area contributed by atoms with Gasteiger partial charge in [0, 0.05) is 0 Å². The van der Waals surface area contributed by atoms with Crippen molar-refractivity contribution in [3.63, 3.8) is 0 Å². The van der Waals surface area contributed by atoms with Crippen LogP contribution in [0.2, 0.25) is 12.6 Å². The number of allylic oxidation sites excluding steroid dienone is 4. The van der Waals surface area contributed by atoms with Crippen LogP contribution in [0.5, 0.6) is 0 Å². The molecule has 144 valence electrons. The molecule has 1 aliphatic carbocycles. The number of unbranched alkanes of at least 4 members (excludes halogenated alkanes) is 1. The zero-order chi connectivity index (χ0) is 17.2. The van der Waals surface area contributed by atoms with E-state index in [1.54, 1.807) is 19.8 Å². The van der Waals surface area contributed by atoms with E-state index in [9.17, 15) is 0 Å². The number of aryl methyl sites for hydroxylation is 3. The van der Waals surface area contributed by atoms with E-state index in [0.717, 1.165) is 0 Å². The van der Waals surface area contributed by atoms with Gasteiger partial charge in [-0.3, -0.25) is 0 Å². The van der Waals surface area contributed by atoms with Gasteiger partial charge in [-0.15, -0.1) is 0 Å². The molecule has 1 aromatic carbocycles. The molecule has 2 rings (SSSR count). The van der Waals surface area contributed by atoms with Crippen molar-refractivity contribution in [2.75, 3.05) is 0 Å². The standard InChI is InChI=1S/C21H31Si.3ClH.Ti/c1-7-9-13-22(6,20-12-10-11-19(20)8-2)21-17(4)14-16(3)15-18(21)5;;;;/h11,14-15H,7-10,13H2,1-6H3;3*1H;/q;;;;+3/p-3. The van der Waals surface area contributed by atoms with Crippen LogP contribution in [0.15, 0.2) is 32.9 Å². The van der Waals surface area contributed by atoms with Crippen LogP contribution in [0.3, 0.4) is 0 Å². The van der Waals surface area contributed by atoms with Crippen LogP contribution < -0.4 is 42.4 Å². The summed E-state index contributed by atoms with van der Waals surface area (Å²) < 4.78 is 1.64. The summed E-state index contributed by atoms with van der Waals surface area (Å²) in [6.45, 7) is 14.2. The Morgan fingerprint density at radius 2 is 1.54 bits per heavy atom. The van der Waals surface area contributed by atoms with Crippen LogP contribution in [-0.4, -0.2) is 8.07 Å². The maximum Gasteiger partial charge on any atom is -1.00 e. The van der Waals surface area contributed by atoms with Crippen molar-refractivity contribution in [1.29, 1.82) is 0 Å². The van der Waals surface area contributed by atoms with Crippen LogP contribution in [0.25, 0.3) is 0 Å². The molecule has 0 saturated carbocycles. The summed E-state index contributed by atoms with van der Waals surface area (Å²) in [5.41, 5.74) is 6.09. The Hall–Kier alpha value is 0.501. The molecule has 0 amide bonds. The van der Waals surface area contributed by atoms with Gasteiger partial charge in [-0.2, -0.15) is 0 Å². The molecule has 0 N–H and O–H groups in total. The number of hydrogen-bond donors (Lipinski definition) is 0. The summed E-state index contributed by atoms with van der Waals surface area (Å²) in [5, 5.41) is 3.50. The van der Waals surface area contributed by atoms with Crippen LogP contribution in [-0.2, 0) is 20.4 Å². The molecular formula is C21H31Cl3SiTi. The van der Waals surface area contributed by atoms with Crippen molar-refractivity contribution in [3.05, 3.63) is 49.5 Å². The maximum absolute atomic E-state index is 2.64. The van der Waals surface area contributed by atoms with Crippen LogP contribution in [0, 0.1) is 20.8 Å². The fourth-order valence-corrected chi connectivity index (χ4v) is 11.7. The van der Waals surface area contributed by atoms with Crippen molar-refractivity contribution < 1.29 is 57.7 Å². The topological polar surface area (TPSA) is 0 Å². The fraction of sp³-hybridized carbons (Fsp3) is 0.524. The normalized spacial score (nSPS) is 15.5. The minimum Gasteiger partial charge on any atom is -1.00 e. The summed E-state index contributed by atoms with van der Waals surface area (Å²) in [4.78, 5) is 0. The molecule has 1 atom stereocenters. The summed E-state index contributed by atoms with van der Waals surface area (Å²) in [6.07, 6.45) is 7.51. The molecule has 0 fully saturated rings. The van der Waals surface area contributed by atoms with Gasteiger partial charge in [-0.25, -0.2) is 0 Å². The predicted molar refractivity (Wildman–Crippen MR) is 102 cm³/mol. The number of halogens is 3. The third kappa shape index (κ3) is 5.75. The molecule has 0 spiro atoms. The quantitative estimate of drug-likeness (QED) is 0.388. The van der Waals surface area contributed by atoms with E-state index < -0.39 is 8.07 Å². The van der Waals surface area contributed by atoms with E-state index in [1.165, 1.54) is 48.4 Å². The number of benzene rings is 1. The van der Waals surface area contributed by atoms with E-state index in [0.29, 0.717) is 0 Å². The van der Waals surface area contributed by atoms with E-state index in [2.05, 4.69) is 79.8 Å². The Balaban J connectivity index is 0. The Morgan fingerprint density at radius 3 is 2.00 bits per heavy atom. The summed E-state index contributed by atoms with van der Waals surface area (Å²) in [7, 11) is -1.66. The van der Waals surface area contributed by atoms with Crippen molar-refractivity contribution >= 4 is 13.3 Å². The first-order valence-electron chi connectivity index (χ1n) is 9.08. The Labute approximate surface area is 192 Å². The molecule has 0 heterocycles. The molecular weight excluding hydrogens is 435 g/mol. The average Bonchev–Trinajstić information content (AvgIpc) is 2.85. The molecule has 1 aromatic rings. The van der Waals surface area contributed by atoms with Crippen molar-refractivity contribution in [3.8, 4) is 0 Å². The zero-order valence-electron chi connectivity index (χ0n) is 16.9. The van der Waals surface area contributed by atoms with Gasteiger partial charge in [0.05, 0.1) is 0 Å². The predicted octanol–water partition coefficient (Wildman–Crippen LogP) is -3.21. The van der Waals surface area contributed by atoms with Gasteiger partial charge >= 0.3 is 156 Å². The molecule has 0 aliphatic heterocycles. The third-order valence-corrected chi connectivity index (χ3v) is 11.4.